The predicted octanol–water partition coefficient (Wildman–Crippen LogP) is 6.65. The number of carbonyl (C=O) groups excluding carboxylic acids is 2. The number of carbonyl (C=O) groups is 2. The Morgan fingerprint density at radius 1 is 0.574 bits per heavy atom. The standard InChI is InChI=1S/C12H25O4Si.C11H24O5Si.C9H19NO3Si.H2N.H2O.4Rf/c1-5-14-17(15-6-2,16-7-3)11-9-8-10-12(4)13;1-4-14-17(15-5-2,16-6-3)10-8-7-9-11(12)13;1-4-12-14(3,13-5-2)8-6-7-10-9-11;;;;;;/h4-11H2,1-3H3;4-10H2,1-3H3,(H,12,13);4-8H2,1-3H3;2*1H2;;;;/q-1;;;-1;;;;;. The monoisotopic (exact) mass is 1840 g/mol. The number of carboxylic acid groups (broad SMARTS) is 1. The van der Waals surface area contributed by atoms with Crippen molar-refractivity contribution in [2.24, 2.45) is 4.99 Å². The van der Waals surface area contributed by atoms with Crippen molar-refractivity contribution in [1.82, 2.24) is 0 Å². The van der Waals surface area contributed by atoms with Gasteiger partial charge in [0, 0.05) is 71.4 Å². The molecule has 0 radical (unpaired) electrons. The number of ketones is 1. The van der Waals surface area contributed by atoms with E-state index >= 15 is 0 Å². The number of unbranched alkanes of at least 4 members (excludes halogenated alkanes) is 2. The molecule has 0 fully saturated rings. The van der Waals surface area contributed by atoms with Gasteiger partial charge in [0.15, 0.2) is 0 Å². The second-order valence-corrected chi connectivity index (χ2v) is 19.2. The van der Waals surface area contributed by atoms with Crippen LogP contribution in [0.15, 0.2) is 4.99 Å². The number of isocyanates is 1. The molecule has 0 aromatic rings. The fourth-order valence-corrected chi connectivity index (χ4v) is 12.4. The molecule has 0 amide bonds. The molecule has 22 heteroatoms. The number of hydrogen-bond donors (Lipinski definition) is 1. The molecule has 310 valence electrons. The molecule has 15 nitrogen and oxygen atoms in total. The molecule has 0 aromatic heterocycles. The maximum absolute atomic E-state index is 10.8. The Labute approximate surface area is 306 Å². The first-order valence-electron chi connectivity index (χ1n) is 17.6. The van der Waals surface area contributed by atoms with Crippen LogP contribution in [0.4, 0.5) is 0 Å². The van der Waals surface area contributed by atoms with Crippen LogP contribution in [0.1, 0.15) is 100 Å². The fourth-order valence-electron chi connectivity index (χ4n) is 4.61. The smallest absolute Gasteiger partial charge is 0.500 e. The summed E-state index contributed by atoms with van der Waals surface area (Å²) in [7, 11) is -7.05. The van der Waals surface area contributed by atoms with E-state index in [2.05, 4.69) is 11.9 Å². The molecule has 0 rings (SSSR count). The van der Waals surface area contributed by atoms with Gasteiger partial charge in [-0.2, -0.15) is 0 Å². The summed E-state index contributed by atoms with van der Waals surface area (Å²) < 4.78 is 45.4. The van der Waals surface area contributed by atoms with Crippen molar-refractivity contribution in [2.75, 3.05) is 59.4 Å². The van der Waals surface area contributed by atoms with E-state index in [1.54, 1.807) is 0 Å². The zero-order valence-electron chi connectivity index (χ0n) is 35.4. The number of nitrogens with two attached hydrogens (primary N) is 1. The van der Waals surface area contributed by atoms with E-state index in [0.29, 0.717) is 78.3 Å². The van der Waals surface area contributed by atoms with Gasteiger partial charge >= 0.3 is 32.1 Å². The molecule has 0 aliphatic rings. The van der Waals surface area contributed by atoms with Gasteiger partial charge in [0.05, 0.1) is 6.54 Å². The van der Waals surface area contributed by atoms with Crippen molar-refractivity contribution in [1.29, 1.82) is 0 Å². The minimum Gasteiger partial charge on any atom is -0.693 e. The van der Waals surface area contributed by atoms with Crippen LogP contribution in [-0.2, 0) is 49.8 Å². The third-order valence-corrected chi connectivity index (χ3v) is 15.7. The summed E-state index contributed by atoms with van der Waals surface area (Å²) in [5.74, 6) is -0.775. The molecule has 0 saturated heterocycles. The van der Waals surface area contributed by atoms with Gasteiger partial charge in [-0.25, -0.2) is 9.79 Å². The molecular weight excluding hydrogens is 1770 g/mol. The van der Waals surface area contributed by atoms with Gasteiger partial charge in [0.1, 0.15) is 0 Å². The molecule has 0 saturated carbocycles. The van der Waals surface area contributed by atoms with Gasteiger partial charge in [-0.3, -0.25) is 4.79 Å². The van der Waals surface area contributed by atoms with Crippen molar-refractivity contribution in [3.05, 3.63) is 13.1 Å². The number of aliphatic carboxylic acids is 1. The summed E-state index contributed by atoms with van der Waals surface area (Å²) in [5.41, 5.74) is 0. The molecule has 0 spiro atoms. The number of nitrogens with zero attached hydrogens (tertiary/aromatic N) is 1. The number of hydrogen-bond acceptors (Lipinski definition) is 12. The molecule has 0 aliphatic heterocycles. The van der Waals surface area contributed by atoms with Crippen molar-refractivity contribution in [3.8, 4) is 0 Å². The van der Waals surface area contributed by atoms with Gasteiger partial charge in [0.2, 0.25) is 6.08 Å². The van der Waals surface area contributed by atoms with E-state index in [4.69, 9.17) is 40.5 Å². The number of rotatable bonds is 30. The van der Waals surface area contributed by atoms with E-state index in [-0.39, 0.29) is 23.8 Å². The summed E-state index contributed by atoms with van der Waals surface area (Å²) in [6.45, 7) is 26.3. The van der Waals surface area contributed by atoms with Crippen LogP contribution in [0.25, 0.3) is 6.15 Å². The summed E-state index contributed by atoms with van der Waals surface area (Å²) >= 11 is 0. The Kier molecular flexibility index (Phi) is 59.4. The second kappa shape index (κ2) is 45.7. The van der Waals surface area contributed by atoms with Gasteiger partial charge in [-0.05, 0) is 112 Å². The predicted molar refractivity (Wildman–Crippen MR) is 203 cm³/mol. The molecule has 0 unspecified atom stereocenters. The van der Waals surface area contributed by atoms with Gasteiger partial charge in [-0.15, -0.1) is 0 Å². The van der Waals surface area contributed by atoms with E-state index in [1.807, 2.05) is 61.9 Å². The second-order valence-electron chi connectivity index (χ2n) is 10.4. The zero-order valence-corrected chi connectivity index (χ0v) is 64.0. The van der Waals surface area contributed by atoms with Crippen molar-refractivity contribution in [3.63, 3.8) is 0 Å². The minimum absolute atomic E-state index is 0. The van der Waals surface area contributed by atoms with Crippen LogP contribution in [0.2, 0.25) is 24.7 Å². The largest absolute Gasteiger partial charge is 0.693 e. The van der Waals surface area contributed by atoms with Crippen molar-refractivity contribution in [2.45, 2.75) is 125 Å². The molecule has 0 atom stereocenters. The minimum atomic E-state index is -2.56. The van der Waals surface area contributed by atoms with Crippen molar-refractivity contribution >= 4 is 44.0 Å². The summed E-state index contributed by atoms with van der Waals surface area (Å²) in [4.78, 5) is 34.5. The number of aliphatic imine (C=N–C) groups is 1. The number of Topliss-reactive ketones (excluding diaryl/α,β-unsaturated/α-hetero) is 1. The molecule has 0 bridgehead atoms. The van der Waals surface area contributed by atoms with Crippen LogP contribution in [0.5, 0.6) is 0 Å². The fraction of sp³-hybridized carbons (Fsp3) is 0.875. The summed E-state index contributed by atoms with van der Waals surface area (Å²) in [6.07, 6.45) is 6.17. The maximum Gasteiger partial charge on any atom is 0.500 e. The molecule has 54 heavy (non-hydrogen) atoms. The van der Waals surface area contributed by atoms with Crippen LogP contribution in [0, 0.1) is 6.92 Å². The molecular formula is C32H72N2O13Rf4Si3-2. The van der Waals surface area contributed by atoms with Gasteiger partial charge in [-0.1, -0.05) is 0 Å². The summed E-state index contributed by atoms with van der Waals surface area (Å²) in [6, 6.07) is 2.34. The van der Waals surface area contributed by atoms with E-state index in [1.165, 1.54) is 6.08 Å². The maximum atomic E-state index is 10.8. The molecule has 5 N–H and O–H groups in total. The Hall–Kier alpha value is -5.36. The SMILES string of the molecule is CCO[Si](C)(CCCN=C=O)OCC.CCO[Si](CCCCC(=O)O)(OCC)OCC.O.[CH2-]C(=O)CCCC[Si](OCC)(OCC)OCC.[NH2-].[Rf].[Rf].[Rf].[Rf]. The first-order valence-corrected chi connectivity index (χ1v) is 24.0. The Balaban J connectivity index is -0.0000000765. The van der Waals surface area contributed by atoms with Crippen LogP contribution < -0.4 is 0 Å². The van der Waals surface area contributed by atoms with Crippen LogP contribution in [-0.4, -0.2) is 114 Å². The Morgan fingerprint density at radius 3 is 1.15 bits per heavy atom. The topological polar surface area (TPSA) is 223 Å². The third kappa shape index (κ3) is 39.4. The molecule has 0 aromatic carbocycles. The first-order chi connectivity index (χ1) is 22.9. The summed E-state index contributed by atoms with van der Waals surface area (Å²) in [5, 5.41) is 8.57. The number of carboxylic acids is 1. The zero-order chi connectivity index (χ0) is 37.2. The third-order valence-electron chi connectivity index (χ3n) is 6.36. The van der Waals surface area contributed by atoms with E-state index < -0.39 is 32.1 Å². The average molecular weight is 1850 g/mol. The van der Waals surface area contributed by atoms with Crippen molar-refractivity contribution < 1.29 is 60.4 Å². The molecule has 0 heterocycles. The first kappa shape index (κ1) is 70.3. The van der Waals surface area contributed by atoms with Crippen LogP contribution >= 0.6 is 0 Å². The quantitative estimate of drug-likeness (QED) is 0.0263. The average Bonchev–Trinajstić information content (AvgIpc) is 3.01. The Bertz CT molecular complexity index is 763. The van der Waals surface area contributed by atoms with Crippen LogP contribution in [0.3, 0.4) is 0 Å². The van der Waals surface area contributed by atoms with E-state index in [0.717, 1.165) is 37.8 Å². The van der Waals surface area contributed by atoms with E-state index in [9.17, 15) is 14.4 Å². The van der Waals surface area contributed by atoms with Gasteiger partial charge < -0.3 is 63.9 Å². The molecule has 0 aliphatic carbocycles. The Morgan fingerprint density at radius 2 is 0.889 bits per heavy atom. The normalized spacial score (nSPS) is 10.2. The van der Waals surface area contributed by atoms with Gasteiger partial charge in [0.25, 0.3) is 0 Å².